The molecule has 0 aliphatic heterocycles. The third kappa shape index (κ3) is 3.94. The summed E-state index contributed by atoms with van der Waals surface area (Å²) in [6.45, 7) is 1.92. The number of halogens is 3. The lowest BCUT2D eigenvalue weighted by Crippen LogP contribution is -2.08. The van der Waals surface area contributed by atoms with Crippen LogP contribution in [0.4, 0.5) is 13.2 Å². The van der Waals surface area contributed by atoms with E-state index in [1.807, 2.05) is 31.2 Å². The number of rotatable bonds is 4. The molecule has 4 rings (SSSR count). The zero-order valence-corrected chi connectivity index (χ0v) is 16.3. The number of alkyl halides is 3. The molecule has 0 aromatic heterocycles. The third-order valence-corrected chi connectivity index (χ3v) is 4.83. The van der Waals surface area contributed by atoms with E-state index in [4.69, 9.17) is 4.74 Å². The highest BCUT2D eigenvalue weighted by Crippen LogP contribution is 2.47. The Labute approximate surface area is 173 Å². The van der Waals surface area contributed by atoms with E-state index in [9.17, 15) is 13.2 Å². The maximum Gasteiger partial charge on any atom is 0.417 e. The average molecular weight is 404 g/mol. The monoisotopic (exact) mass is 404 g/mol. The van der Waals surface area contributed by atoms with Crippen LogP contribution in [0.2, 0.25) is 0 Å². The van der Waals surface area contributed by atoms with E-state index >= 15 is 0 Å². The summed E-state index contributed by atoms with van der Waals surface area (Å²) in [6, 6.07) is 24.0. The summed E-state index contributed by atoms with van der Waals surface area (Å²) in [4.78, 5) is 0. The summed E-state index contributed by atoms with van der Waals surface area (Å²) in [5, 5.41) is 1.10. The molecule has 0 heterocycles. The molecule has 0 spiro atoms. The highest BCUT2D eigenvalue weighted by molar-refractivity contribution is 5.97. The van der Waals surface area contributed by atoms with Gasteiger partial charge in [-0.25, -0.2) is 0 Å². The molecule has 4 aromatic carbocycles. The van der Waals surface area contributed by atoms with Gasteiger partial charge >= 0.3 is 6.18 Å². The Hall–Kier alpha value is -3.53. The van der Waals surface area contributed by atoms with Crippen molar-refractivity contribution in [3.63, 3.8) is 0 Å². The van der Waals surface area contributed by atoms with E-state index in [0.29, 0.717) is 22.1 Å². The van der Waals surface area contributed by atoms with Crippen LogP contribution in [0.5, 0.6) is 11.5 Å². The van der Waals surface area contributed by atoms with Gasteiger partial charge in [-0.05, 0) is 41.6 Å². The second kappa shape index (κ2) is 8.07. The second-order valence-electron chi connectivity index (χ2n) is 6.88. The van der Waals surface area contributed by atoms with Crippen molar-refractivity contribution in [3.8, 4) is 22.6 Å². The lowest BCUT2D eigenvalue weighted by atomic mass is 9.93. The van der Waals surface area contributed by atoms with Crippen molar-refractivity contribution >= 4 is 16.8 Å². The third-order valence-electron chi connectivity index (χ3n) is 4.83. The lowest BCUT2D eigenvalue weighted by molar-refractivity contribution is -0.137. The van der Waals surface area contributed by atoms with Crippen molar-refractivity contribution < 1.29 is 17.9 Å². The Morgan fingerprint density at radius 3 is 2.13 bits per heavy atom. The summed E-state index contributed by atoms with van der Waals surface area (Å²) in [7, 11) is 0. The van der Waals surface area contributed by atoms with Crippen molar-refractivity contribution in [2.75, 3.05) is 0 Å². The molecular weight excluding hydrogens is 385 g/mol. The minimum atomic E-state index is -4.52. The molecule has 30 heavy (non-hydrogen) atoms. The fourth-order valence-corrected chi connectivity index (χ4v) is 3.49. The Morgan fingerprint density at radius 1 is 0.800 bits per heavy atom. The van der Waals surface area contributed by atoms with Gasteiger partial charge in [0.1, 0.15) is 11.5 Å². The first-order valence-electron chi connectivity index (χ1n) is 9.56. The van der Waals surface area contributed by atoms with E-state index in [2.05, 4.69) is 0 Å². The van der Waals surface area contributed by atoms with Gasteiger partial charge in [0.15, 0.2) is 0 Å². The molecule has 1 nitrogen and oxygen atoms in total. The molecule has 0 fully saturated rings. The smallest absolute Gasteiger partial charge is 0.417 e. The first-order valence-corrected chi connectivity index (χ1v) is 9.56. The molecule has 0 N–H and O–H groups in total. The van der Waals surface area contributed by atoms with Crippen LogP contribution >= 0.6 is 0 Å². The predicted octanol–water partition coefficient (Wildman–Crippen LogP) is 8.35. The highest BCUT2D eigenvalue weighted by atomic mass is 19.4. The van der Waals surface area contributed by atoms with Crippen LogP contribution in [0, 0.1) is 0 Å². The molecule has 0 bridgehead atoms. The average Bonchev–Trinajstić information content (AvgIpc) is 2.75. The quantitative estimate of drug-likeness (QED) is 0.332. The van der Waals surface area contributed by atoms with Crippen LogP contribution in [0.25, 0.3) is 28.0 Å². The Balaban J connectivity index is 1.98. The Bertz CT molecular complexity index is 1190. The van der Waals surface area contributed by atoms with Gasteiger partial charge in [-0.3, -0.25) is 0 Å². The topological polar surface area (TPSA) is 9.23 Å². The largest absolute Gasteiger partial charge is 0.456 e. The summed E-state index contributed by atoms with van der Waals surface area (Å²) in [6.07, 6.45) is -0.661. The van der Waals surface area contributed by atoms with Crippen LogP contribution < -0.4 is 4.74 Å². The van der Waals surface area contributed by atoms with Gasteiger partial charge in [0.25, 0.3) is 0 Å². The summed E-state index contributed by atoms with van der Waals surface area (Å²) in [5.74, 6) is 0.676. The van der Waals surface area contributed by atoms with E-state index in [1.165, 1.54) is 6.07 Å². The van der Waals surface area contributed by atoms with Crippen LogP contribution in [0.1, 0.15) is 18.1 Å². The molecule has 0 saturated heterocycles. The van der Waals surface area contributed by atoms with E-state index < -0.39 is 11.7 Å². The number of allylic oxidation sites excluding steroid dienone is 1. The summed E-state index contributed by atoms with van der Waals surface area (Å²) < 4.78 is 48.3. The van der Waals surface area contributed by atoms with Crippen molar-refractivity contribution in [3.05, 3.63) is 102 Å². The zero-order valence-electron chi connectivity index (χ0n) is 16.3. The number of benzene rings is 4. The van der Waals surface area contributed by atoms with Crippen LogP contribution in [-0.2, 0) is 6.18 Å². The highest BCUT2D eigenvalue weighted by Gasteiger charge is 2.36. The van der Waals surface area contributed by atoms with Crippen LogP contribution in [-0.4, -0.2) is 0 Å². The first-order chi connectivity index (χ1) is 14.5. The second-order valence-corrected chi connectivity index (χ2v) is 6.88. The molecule has 150 valence electrons. The van der Waals surface area contributed by atoms with Gasteiger partial charge in [0, 0.05) is 10.9 Å². The SMILES string of the molecule is C/C=C/c1ccc(Oc2c(-c3ccccc3)c(C(F)(F)F)cc3ccccc23)cc1. The molecule has 4 heteroatoms. The standard InChI is InChI=1S/C26H19F3O/c1-2-8-18-13-15-21(16-14-18)30-25-22-12-7-6-11-20(22)17-23(26(27,28)29)24(25)19-9-4-3-5-10-19/h2-17H,1H3/b8-2+. The van der Waals surface area contributed by atoms with Gasteiger partial charge < -0.3 is 4.74 Å². The fourth-order valence-electron chi connectivity index (χ4n) is 3.49. The number of hydrogen-bond donors (Lipinski definition) is 0. The minimum Gasteiger partial charge on any atom is -0.456 e. The number of ether oxygens (including phenoxy) is 1. The van der Waals surface area contributed by atoms with E-state index in [-0.39, 0.29) is 11.3 Å². The van der Waals surface area contributed by atoms with Crippen molar-refractivity contribution in [1.82, 2.24) is 0 Å². The maximum absolute atomic E-state index is 14.1. The lowest BCUT2D eigenvalue weighted by Gasteiger charge is -2.20. The molecule has 0 radical (unpaired) electrons. The van der Waals surface area contributed by atoms with Gasteiger partial charge in [-0.15, -0.1) is 0 Å². The maximum atomic E-state index is 14.1. The normalized spacial score (nSPS) is 11.9. The Morgan fingerprint density at radius 2 is 1.47 bits per heavy atom. The number of fused-ring (bicyclic) bond motifs is 1. The molecular formula is C26H19F3O. The molecule has 0 aliphatic carbocycles. The summed E-state index contributed by atoms with van der Waals surface area (Å²) in [5.41, 5.74) is 0.769. The molecule has 0 atom stereocenters. The zero-order chi connectivity index (χ0) is 21.1. The minimum absolute atomic E-state index is 0.0410. The van der Waals surface area contributed by atoms with Gasteiger partial charge in [0.2, 0.25) is 0 Å². The fraction of sp³-hybridized carbons (Fsp3) is 0.0769. The molecule has 0 amide bonds. The van der Waals surface area contributed by atoms with Gasteiger partial charge in [-0.2, -0.15) is 13.2 Å². The van der Waals surface area contributed by atoms with Crippen LogP contribution in [0.15, 0.2) is 91.0 Å². The van der Waals surface area contributed by atoms with Crippen molar-refractivity contribution in [1.29, 1.82) is 0 Å². The molecule has 0 aliphatic rings. The first kappa shape index (κ1) is 19.8. The molecule has 0 unspecified atom stereocenters. The van der Waals surface area contributed by atoms with Crippen molar-refractivity contribution in [2.45, 2.75) is 13.1 Å². The molecule has 0 saturated carbocycles. The predicted molar refractivity (Wildman–Crippen MR) is 116 cm³/mol. The van der Waals surface area contributed by atoms with Crippen molar-refractivity contribution in [2.24, 2.45) is 0 Å². The summed E-state index contributed by atoms with van der Waals surface area (Å²) >= 11 is 0. The number of hydrogen-bond acceptors (Lipinski definition) is 1. The van der Waals surface area contributed by atoms with Gasteiger partial charge in [0.05, 0.1) is 5.56 Å². The van der Waals surface area contributed by atoms with Gasteiger partial charge in [-0.1, -0.05) is 78.9 Å². The van der Waals surface area contributed by atoms with E-state index in [0.717, 1.165) is 5.56 Å². The van der Waals surface area contributed by atoms with E-state index in [1.54, 1.807) is 66.7 Å². The molecule has 4 aromatic rings. The van der Waals surface area contributed by atoms with Crippen LogP contribution in [0.3, 0.4) is 0 Å². The Kier molecular flexibility index (Phi) is 5.32.